The van der Waals surface area contributed by atoms with Crippen molar-refractivity contribution in [2.75, 3.05) is 19.6 Å². The van der Waals surface area contributed by atoms with E-state index < -0.39 is 11.4 Å². The summed E-state index contributed by atoms with van der Waals surface area (Å²) >= 11 is 0. The predicted molar refractivity (Wildman–Crippen MR) is 72.0 cm³/mol. The molecule has 6 nitrogen and oxygen atoms in total. The average Bonchev–Trinajstić information content (AvgIpc) is 2.64. The highest BCUT2D eigenvalue weighted by Gasteiger charge is 2.42. The zero-order chi connectivity index (χ0) is 14.6. The van der Waals surface area contributed by atoms with Gasteiger partial charge in [0.1, 0.15) is 0 Å². The van der Waals surface area contributed by atoms with Gasteiger partial charge in [-0.3, -0.25) is 14.4 Å². The lowest BCUT2D eigenvalue weighted by Gasteiger charge is -2.34. The van der Waals surface area contributed by atoms with Crippen molar-refractivity contribution >= 4 is 17.8 Å². The summed E-state index contributed by atoms with van der Waals surface area (Å²) in [7, 11) is 0. The smallest absolute Gasteiger partial charge is 0.310 e. The molecule has 1 saturated heterocycles. The number of carbonyl (C=O) groups is 3. The first-order valence-corrected chi connectivity index (χ1v) is 7.31. The number of nitrogens with zero attached hydrogens (tertiary/aromatic N) is 1. The third-order valence-electron chi connectivity index (χ3n) is 4.37. The van der Waals surface area contributed by atoms with Gasteiger partial charge in [0, 0.05) is 19.5 Å². The van der Waals surface area contributed by atoms with Crippen LogP contribution in [0.3, 0.4) is 0 Å². The van der Waals surface area contributed by atoms with E-state index in [9.17, 15) is 19.5 Å². The Morgan fingerprint density at radius 1 is 1.20 bits per heavy atom. The molecule has 1 aliphatic carbocycles. The van der Waals surface area contributed by atoms with Gasteiger partial charge in [-0.05, 0) is 19.3 Å². The summed E-state index contributed by atoms with van der Waals surface area (Å²) in [4.78, 5) is 36.9. The Bertz CT molecular complexity index is 402. The normalized spacial score (nSPS) is 22.8. The quantitative estimate of drug-likeness (QED) is 0.800. The van der Waals surface area contributed by atoms with Crippen LogP contribution in [0.5, 0.6) is 0 Å². The minimum absolute atomic E-state index is 0.0234. The van der Waals surface area contributed by atoms with Gasteiger partial charge in [-0.25, -0.2) is 0 Å². The highest BCUT2D eigenvalue weighted by Crippen LogP contribution is 2.40. The monoisotopic (exact) mass is 282 g/mol. The molecule has 1 heterocycles. The molecule has 1 aliphatic heterocycles. The van der Waals surface area contributed by atoms with Gasteiger partial charge in [0.15, 0.2) is 0 Å². The molecule has 0 atom stereocenters. The largest absolute Gasteiger partial charge is 0.481 e. The number of carboxylic acid groups (broad SMARTS) is 1. The van der Waals surface area contributed by atoms with Crippen molar-refractivity contribution in [1.29, 1.82) is 0 Å². The Labute approximate surface area is 118 Å². The van der Waals surface area contributed by atoms with E-state index in [0.717, 1.165) is 25.7 Å². The van der Waals surface area contributed by atoms with Crippen LogP contribution in [0.1, 0.15) is 44.9 Å². The van der Waals surface area contributed by atoms with Crippen LogP contribution in [0.4, 0.5) is 0 Å². The van der Waals surface area contributed by atoms with E-state index in [0.29, 0.717) is 25.9 Å². The number of aliphatic carboxylic acids is 1. The molecule has 0 spiro atoms. The first-order chi connectivity index (χ1) is 9.53. The second-order valence-corrected chi connectivity index (χ2v) is 5.84. The van der Waals surface area contributed by atoms with Crippen LogP contribution in [-0.2, 0) is 14.4 Å². The van der Waals surface area contributed by atoms with Crippen molar-refractivity contribution in [1.82, 2.24) is 10.2 Å². The Morgan fingerprint density at radius 3 is 2.55 bits per heavy atom. The van der Waals surface area contributed by atoms with Crippen molar-refractivity contribution in [3.63, 3.8) is 0 Å². The number of hydrogen-bond acceptors (Lipinski definition) is 3. The zero-order valence-electron chi connectivity index (χ0n) is 11.7. The van der Waals surface area contributed by atoms with Crippen molar-refractivity contribution in [3.8, 4) is 0 Å². The van der Waals surface area contributed by atoms with Crippen LogP contribution < -0.4 is 5.32 Å². The first-order valence-electron chi connectivity index (χ1n) is 7.31. The van der Waals surface area contributed by atoms with Crippen LogP contribution in [0.25, 0.3) is 0 Å². The van der Waals surface area contributed by atoms with E-state index in [2.05, 4.69) is 5.32 Å². The molecule has 0 aromatic rings. The van der Waals surface area contributed by atoms with Crippen molar-refractivity contribution in [2.24, 2.45) is 5.41 Å². The third kappa shape index (κ3) is 3.29. The minimum atomic E-state index is -0.919. The number of nitrogens with one attached hydrogen (secondary N) is 1. The Kier molecular flexibility index (Phi) is 4.62. The summed E-state index contributed by atoms with van der Waals surface area (Å²) in [5.41, 5.74) is -0.919. The highest BCUT2D eigenvalue weighted by atomic mass is 16.4. The summed E-state index contributed by atoms with van der Waals surface area (Å²) in [6.07, 6.45) is 4.63. The lowest BCUT2D eigenvalue weighted by Crippen LogP contribution is -2.43. The van der Waals surface area contributed by atoms with E-state index in [1.165, 1.54) is 4.90 Å². The summed E-state index contributed by atoms with van der Waals surface area (Å²) in [5, 5.41) is 12.2. The van der Waals surface area contributed by atoms with Crippen molar-refractivity contribution < 1.29 is 19.5 Å². The van der Waals surface area contributed by atoms with Gasteiger partial charge in [-0.15, -0.1) is 0 Å². The molecule has 0 radical (unpaired) electrons. The number of hydrogen-bond donors (Lipinski definition) is 2. The fraction of sp³-hybridized carbons (Fsp3) is 0.786. The molecule has 0 unspecified atom stereocenters. The van der Waals surface area contributed by atoms with Crippen molar-refractivity contribution in [3.05, 3.63) is 0 Å². The van der Waals surface area contributed by atoms with E-state index in [1.54, 1.807) is 0 Å². The summed E-state index contributed by atoms with van der Waals surface area (Å²) in [5.74, 6) is -1.24. The first kappa shape index (κ1) is 14.8. The molecule has 2 aliphatic rings. The molecule has 2 amide bonds. The molecule has 2 rings (SSSR count). The molecule has 0 bridgehead atoms. The van der Waals surface area contributed by atoms with Crippen LogP contribution in [-0.4, -0.2) is 47.4 Å². The van der Waals surface area contributed by atoms with Gasteiger partial charge < -0.3 is 15.3 Å². The van der Waals surface area contributed by atoms with E-state index in [1.807, 2.05) is 0 Å². The zero-order valence-corrected chi connectivity index (χ0v) is 11.7. The number of rotatable bonds is 3. The summed E-state index contributed by atoms with van der Waals surface area (Å²) < 4.78 is 0. The Balaban J connectivity index is 2.04. The van der Waals surface area contributed by atoms with Crippen LogP contribution >= 0.6 is 0 Å². The maximum absolute atomic E-state index is 12.4. The molecule has 112 valence electrons. The number of carbonyl (C=O) groups excluding carboxylic acids is 2. The molecule has 1 saturated carbocycles. The number of amides is 2. The van der Waals surface area contributed by atoms with Gasteiger partial charge in [0.05, 0.1) is 12.0 Å². The molecule has 0 aromatic carbocycles. The maximum atomic E-state index is 12.4. The maximum Gasteiger partial charge on any atom is 0.310 e. The van der Waals surface area contributed by atoms with Gasteiger partial charge in [0.25, 0.3) is 0 Å². The average molecular weight is 282 g/mol. The van der Waals surface area contributed by atoms with E-state index >= 15 is 0 Å². The Hall–Kier alpha value is -1.59. The van der Waals surface area contributed by atoms with Crippen LogP contribution in [0, 0.1) is 5.41 Å². The predicted octanol–water partition coefficient (Wildman–Crippen LogP) is 0.760. The summed E-state index contributed by atoms with van der Waals surface area (Å²) in [6, 6.07) is 0. The highest BCUT2D eigenvalue weighted by molar-refractivity contribution is 5.88. The van der Waals surface area contributed by atoms with Crippen LogP contribution in [0.2, 0.25) is 0 Å². The molecular weight excluding hydrogens is 260 g/mol. The van der Waals surface area contributed by atoms with Crippen LogP contribution in [0.15, 0.2) is 0 Å². The third-order valence-corrected chi connectivity index (χ3v) is 4.37. The summed E-state index contributed by atoms with van der Waals surface area (Å²) in [6.45, 7) is 1.15. The molecular formula is C14H22N2O4. The van der Waals surface area contributed by atoms with E-state index in [-0.39, 0.29) is 24.8 Å². The van der Waals surface area contributed by atoms with Gasteiger partial charge in [-0.1, -0.05) is 19.3 Å². The molecule has 0 aromatic heterocycles. The topological polar surface area (TPSA) is 86.7 Å². The van der Waals surface area contributed by atoms with Gasteiger partial charge in [-0.2, -0.15) is 0 Å². The minimum Gasteiger partial charge on any atom is -0.481 e. The molecule has 6 heteroatoms. The standard InChI is InChI=1S/C14H22N2O4/c17-11-10-16(8-4-7-15-11)12(18)9-14(13(19)20)5-2-1-3-6-14/h1-10H2,(H,15,17)(H,19,20). The van der Waals surface area contributed by atoms with Crippen molar-refractivity contribution in [2.45, 2.75) is 44.9 Å². The second-order valence-electron chi connectivity index (χ2n) is 5.84. The molecule has 20 heavy (non-hydrogen) atoms. The Morgan fingerprint density at radius 2 is 1.90 bits per heavy atom. The SMILES string of the molecule is O=C1CN(C(=O)CC2(C(=O)O)CCCCC2)CCCN1. The fourth-order valence-electron chi connectivity index (χ4n) is 3.11. The van der Waals surface area contributed by atoms with Gasteiger partial charge >= 0.3 is 5.97 Å². The lowest BCUT2D eigenvalue weighted by atomic mass is 9.71. The lowest BCUT2D eigenvalue weighted by molar-refractivity contribution is -0.156. The molecule has 2 N–H and O–H groups in total. The van der Waals surface area contributed by atoms with Gasteiger partial charge in [0.2, 0.25) is 11.8 Å². The molecule has 2 fully saturated rings. The van der Waals surface area contributed by atoms with E-state index in [4.69, 9.17) is 0 Å². The second kappa shape index (κ2) is 6.24. The number of carboxylic acids is 1. The fourth-order valence-corrected chi connectivity index (χ4v) is 3.11.